The molecule has 24 heavy (non-hydrogen) atoms. The Labute approximate surface area is 147 Å². The number of hydrogen-bond acceptors (Lipinski definition) is 4. The molecule has 0 saturated carbocycles. The van der Waals surface area contributed by atoms with Crippen molar-refractivity contribution < 1.29 is 19.1 Å². The Morgan fingerprint density at radius 1 is 0.708 bits per heavy atom. The summed E-state index contributed by atoms with van der Waals surface area (Å²) in [6.45, 7) is 4.94. The maximum Gasteiger partial charge on any atom is 0.331 e. The minimum Gasteiger partial charge on any atom is -0.463 e. The van der Waals surface area contributed by atoms with E-state index < -0.39 is 11.9 Å². The number of esters is 2. The number of rotatable bonds is 15. The van der Waals surface area contributed by atoms with Crippen LogP contribution in [0.25, 0.3) is 0 Å². The Morgan fingerprint density at radius 2 is 1.29 bits per heavy atom. The molecular formula is C20H34O4. The van der Waals surface area contributed by atoms with Crippen LogP contribution in [0.1, 0.15) is 78.1 Å². The maximum atomic E-state index is 11.4. The normalized spacial score (nSPS) is 11.2. The largest absolute Gasteiger partial charge is 0.463 e. The van der Waals surface area contributed by atoms with E-state index in [1.54, 1.807) is 0 Å². The second kappa shape index (κ2) is 17.8. The quantitative estimate of drug-likeness (QED) is 0.180. The fourth-order valence-electron chi connectivity index (χ4n) is 2.12. The van der Waals surface area contributed by atoms with Crippen LogP contribution in [-0.4, -0.2) is 25.2 Å². The Morgan fingerprint density at radius 3 is 2.00 bits per heavy atom. The molecule has 0 N–H and O–H groups in total. The van der Waals surface area contributed by atoms with Gasteiger partial charge in [0.1, 0.15) is 6.61 Å². The third-order valence-corrected chi connectivity index (χ3v) is 3.56. The number of hydrogen-bond donors (Lipinski definition) is 0. The van der Waals surface area contributed by atoms with Crippen molar-refractivity contribution in [2.75, 3.05) is 13.2 Å². The van der Waals surface area contributed by atoms with Gasteiger partial charge < -0.3 is 9.47 Å². The zero-order valence-corrected chi connectivity index (χ0v) is 15.4. The summed E-state index contributed by atoms with van der Waals surface area (Å²) in [6, 6.07) is 0. The number of ether oxygens (including phenoxy) is 2. The number of carbonyl (C=O) groups is 2. The average molecular weight is 338 g/mol. The lowest BCUT2D eigenvalue weighted by molar-refractivity contribution is -0.140. The monoisotopic (exact) mass is 338 g/mol. The summed E-state index contributed by atoms with van der Waals surface area (Å²) in [6.07, 6.45) is 17.8. The zero-order chi connectivity index (χ0) is 17.9. The summed E-state index contributed by atoms with van der Waals surface area (Å²) in [5.41, 5.74) is 0. The molecule has 0 atom stereocenters. The van der Waals surface area contributed by atoms with Gasteiger partial charge in [-0.05, 0) is 19.3 Å². The van der Waals surface area contributed by atoms with E-state index in [1.807, 2.05) is 12.2 Å². The summed E-state index contributed by atoms with van der Waals surface area (Å²) in [4.78, 5) is 22.7. The van der Waals surface area contributed by atoms with Crippen LogP contribution in [0.5, 0.6) is 0 Å². The number of unbranched alkanes of at least 4 members (excludes halogenated alkanes) is 8. The van der Waals surface area contributed by atoms with Crippen molar-refractivity contribution in [3.63, 3.8) is 0 Å². The minimum atomic E-state index is -0.523. The first-order chi connectivity index (χ1) is 11.7. The zero-order valence-electron chi connectivity index (χ0n) is 15.4. The van der Waals surface area contributed by atoms with Crippen LogP contribution >= 0.6 is 0 Å². The molecule has 0 aromatic heterocycles. The van der Waals surface area contributed by atoms with E-state index in [-0.39, 0.29) is 6.61 Å². The molecule has 0 aliphatic heterocycles. The third kappa shape index (κ3) is 16.8. The Bertz CT molecular complexity index is 372. The molecule has 0 aromatic rings. The second-order valence-electron chi connectivity index (χ2n) is 5.87. The Hall–Kier alpha value is -1.58. The van der Waals surface area contributed by atoms with Crippen molar-refractivity contribution in [3.05, 3.63) is 24.3 Å². The van der Waals surface area contributed by atoms with Gasteiger partial charge in [0.25, 0.3) is 0 Å². The summed E-state index contributed by atoms with van der Waals surface area (Å²) < 4.78 is 9.93. The van der Waals surface area contributed by atoms with E-state index in [4.69, 9.17) is 9.47 Å². The average Bonchev–Trinajstić information content (AvgIpc) is 2.58. The van der Waals surface area contributed by atoms with Gasteiger partial charge in [-0.1, -0.05) is 70.9 Å². The van der Waals surface area contributed by atoms with Crippen LogP contribution in [0.15, 0.2) is 24.3 Å². The van der Waals surface area contributed by atoms with E-state index in [0.717, 1.165) is 37.8 Å². The first kappa shape index (κ1) is 22.4. The Kier molecular flexibility index (Phi) is 16.6. The van der Waals surface area contributed by atoms with Crippen molar-refractivity contribution in [1.29, 1.82) is 0 Å². The molecule has 4 heteroatoms. The van der Waals surface area contributed by atoms with Crippen molar-refractivity contribution >= 4 is 11.9 Å². The summed E-state index contributed by atoms with van der Waals surface area (Å²) in [5, 5.41) is 0. The van der Waals surface area contributed by atoms with Gasteiger partial charge in [0, 0.05) is 12.2 Å². The van der Waals surface area contributed by atoms with E-state index in [9.17, 15) is 9.59 Å². The first-order valence-electron chi connectivity index (χ1n) is 9.37. The summed E-state index contributed by atoms with van der Waals surface area (Å²) in [5.74, 6) is -1.02. The molecule has 0 unspecified atom stereocenters. The van der Waals surface area contributed by atoms with Gasteiger partial charge in [0.2, 0.25) is 0 Å². The van der Waals surface area contributed by atoms with Crippen LogP contribution in [0.2, 0.25) is 0 Å². The van der Waals surface area contributed by atoms with Gasteiger partial charge in [-0.2, -0.15) is 0 Å². The fourth-order valence-corrected chi connectivity index (χ4v) is 2.12. The van der Waals surface area contributed by atoms with Crippen LogP contribution in [-0.2, 0) is 19.1 Å². The molecule has 138 valence electrons. The lowest BCUT2D eigenvalue weighted by atomic mass is 10.1. The molecule has 0 saturated heterocycles. The molecule has 0 heterocycles. The van der Waals surface area contributed by atoms with Crippen LogP contribution < -0.4 is 0 Å². The predicted octanol–water partition coefficient (Wildman–Crippen LogP) is 5.13. The second-order valence-corrected chi connectivity index (χ2v) is 5.87. The number of carbonyl (C=O) groups excluding carboxylic acids is 2. The van der Waals surface area contributed by atoms with Gasteiger partial charge in [-0.15, -0.1) is 0 Å². The fraction of sp³-hybridized carbons (Fsp3) is 0.700. The van der Waals surface area contributed by atoms with Gasteiger partial charge >= 0.3 is 11.9 Å². The van der Waals surface area contributed by atoms with Crippen molar-refractivity contribution in [2.45, 2.75) is 78.1 Å². The van der Waals surface area contributed by atoms with Crippen LogP contribution in [0.4, 0.5) is 0 Å². The molecule has 0 spiro atoms. The lowest BCUT2D eigenvalue weighted by Gasteiger charge is -2.00. The van der Waals surface area contributed by atoms with E-state index in [1.165, 1.54) is 38.5 Å². The van der Waals surface area contributed by atoms with Crippen LogP contribution in [0.3, 0.4) is 0 Å². The first-order valence-corrected chi connectivity index (χ1v) is 9.37. The standard InChI is InChI=1S/C20H34O4/c1-3-5-7-8-9-10-11-12-14-18-24-20(22)16-15-19(21)23-17-13-6-4-2/h12,14-16H,3-11,13,17-18H2,1-2H3/b14-12+,16-15+. The van der Waals surface area contributed by atoms with Gasteiger partial charge in [-0.25, -0.2) is 9.59 Å². The van der Waals surface area contributed by atoms with Crippen molar-refractivity contribution in [1.82, 2.24) is 0 Å². The molecular weight excluding hydrogens is 304 g/mol. The summed E-state index contributed by atoms with van der Waals surface area (Å²) >= 11 is 0. The Balaban J connectivity index is 3.55. The van der Waals surface area contributed by atoms with E-state index >= 15 is 0 Å². The van der Waals surface area contributed by atoms with E-state index in [2.05, 4.69) is 13.8 Å². The topological polar surface area (TPSA) is 52.6 Å². The molecule has 0 fully saturated rings. The molecule has 0 rings (SSSR count). The smallest absolute Gasteiger partial charge is 0.331 e. The maximum absolute atomic E-state index is 11.4. The molecule has 0 aromatic carbocycles. The lowest BCUT2D eigenvalue weighted by Crippen LogP contribution is -2.05. The van der Waals surface area contributed by atoms with Gasteiger partial charge in [0.15, 0.2) is 0 Å². The predicted molar refractivity (Wildman–Crippen MR) is 97.7 cm³/mol. The van der Waals surface area contributed by atoms with Gasteiger partial charge in [-0.3, -0.25) is 0 Å². The molecule has 0 aliphatic rings. The van der Waals surface area contributed by atoms with Crippen molar-refractivity contribution in [2.24, 2.45) is 0 Å². The van der Waals surface area contributed by atoms with Gasteiger partial charge in [0.05, 0.1) is 6.61 Å². The van der Waals surface area contributed by atoms with Crippen LogP contribution in [0, 0.1) is 0 Å². The SMILES string of the molecule is CCCCCCCC/C=C/COC(=O)/C=C/C(=O)OCCCCC. The molecule has 0 aliphatic carbocycles. The minimum absolute atomic E-state index is 0.241. The summed E-state index contributed by atoms with van der Waals surface area (Å²) in [7, 11) is 0. The highest BCUT2D eigenvalue weighted by molar-refractivity contribution is 5.91. The molecule has 0 amide bonds. The van der Waals surface area contributed by atoms with E-state index in [0.29, 0.717) is 6.61 Å². The molecule has 0 radical (unpaired) electrons. The highest BCUT2D eigenvalue weighted by Crippen LogP contribution is 2.07. The highest BCUT2D eigenvalue weighted by atomic mass is 16.5. The molecule has 0 bridgehead atoms. The molecule has 4 nitrogen and oxygen atoms in total. The highest BCUT2D eigenvalue weighted by Gasteiger charge is 2.00. The van der Waals surface area contributed by atoms with Crippen molar-refractivity contribution in [3.8, 4) is 0 Å². The number of allylic oxidation sites excluding steroid dienone is 1. The third-order valence-electron chi connectivity index (χ3n) is 3.56.